The third-order valence-corrected chi connectivity index (χ3v) is 2.69. The Balaban J connectivity index is 2.27. The van der Waals surface area contributed by atoms with Crippen molar-refractivity contribution in [1.29, 1.82) is 0 Å². The van der Waals surface area contributed by atoms with Gasteiger partial charge in [0, 0.05) is 24.9 Å². The van der Waals surface area contributed by atoms with E-state index in [-0.39, 0.29) is 18.1 Å². The molecule has 1 aliphatic heterocycles. The summed E-state index contributed by atoms with van der Waals surface area (Å²) < 4.78 is 4.94. The maximum absolute atomic E-state index is 11.5. The van der Waals surface area contributed by atoms with Gasteiger partial charge >= 0.3 is 5.97 Å². The highest BCUT2D eigenvalue weighted by Gasteiger charge is 2.28. The number of carbonyl (C=O) groups excluding carboxylic acids is 1. The highest BCUT2D eigenvalue weighted by molar-refractivity contribution is 5.87. The summed E-state index contributed by atoms with van der Waals surface area (Å²) in [5.41, 5.74) is 0.448. The van der Waals surface area contributed by atoms with Gasteiger partial charge < -0.3 is 14.5 Å². The second kappa shape index (κ2) is 3.96. The Morgan fingerprint density at radius 1 is 1.56 bits per heavy atom. The van der Waals surface area contributed by atoms with Crippen LogP contribution in [0.1, 0.15) is 35.2 Å². The molecule has 0 fully saturated rings. The van der Waals surface area contributed by atoms with E-state index >= 15 is 0 Å². The van der Waals surface area contributed by atoms with E-state index in [0.717, 1.165) is 0 Å². The van der Waals surface area contributed by atoms with Crippen molar-refractivity contribution < 1.29 is 19.2 Å². The predicted molar refractivity (Wildman–Crippen MR) is 52.9 cm³/mol. The smallest absolute Gasteiger partial charge is 0.358 e. The van der Waals surface area contributed by atoms with Crippen molar-refractivity contribution in [3.63, 3.8) is 0 Å². The molecule has 0 aliphatic carbocycles. The van der Waals surface area contributed by atoms with Crippen LogP contribution in [0.5, 0.6) is 0 Å². The van der Waals surface area contributed by atoms with Gasteiger partial charge in [0.1, 0.15) is 5.76 Å². The van der Waals surface area contributed by atoms with Gasteiger partial charge in [0.15, 0.2) is 5.69 Å². The van der Waals surface area contributed by atoms with Crippen molar-refractivity contribution in [2.75, 3.05) is 6.54 Å². The molecule has 0 atom stereocenters. The molecule has 1 aliphatic rings. The quantitative estimate of drug-likeness (QED) is 0.798. The summed E-state index contributed by atoms with van der Waals surface area (Å²) in [5.74, 6) is -0.517. The average molecular weight is 224 g/mol. The minimum absolute atomic E-state index is 0.0168. The van der Waals surface area contributed by atoms with Crippen LogP contribution >= 0.6 is 0 Å². The third kappa shape index (κ3) is 1.66. The first-order valence-electron chi connectivity index (χ1n) is 5.12. The Labute approximate surface area is 91.8 Å². The van der Waals surface area contributed by atoms with Crippen LogP contribution in [0, 0.1) is 0 Å². The Morgan fingerprint density at radius 3 is 2.94 bits per heavy atom. The van der Waals surface area contributed by atoms with E-state index in [4.69, 9.17) is 9.63 Å². The lowest BCUT2D eigenvalue weighted by Crippen LogP contribution is -2.35. The van der Waals surface area contributed by atoms with Gasteiger partial charge in [0.2, 0.25) is 5.91 Å². The van der Waals surface area contributed by atoms with E-state index in [1.54, 1.807) is 11.8 Å². The van der Waals surface area contributed by atoms with Crippen LogP contribution in [-0.2, 0) is 17.8 Å². The van der Waals surface area contributed by atoms with Gasteiger partial charge in [-0.15, -0.1) is 0 Å². The topological polar surface area (TPSA) is 83.6 Å². The summed E-state index contributed by atoms with van der Waals surface area (Å²) in [4.78, 5) is 24.0. The number of carbonyl (C=O) groups is 2. The van der Waals surface area contributed by atoms with Gasteiger partial charge in [0.25, 0.3) is 0 Å². The van der Waals surface area contributed by atoms with Gasteiger partial charge in [-0.1, -0.05) is 12.1 Å². The molecular weight excluding hydrogens is 212 g/mol. The minimum Gasteiger partial charge on any atom is -0.476 e. The lowest BCUT2D eigenvalue weighted by atomic mass is 10.1. The molecule has 1 aromatic heterocycles. The average Bonchev–Trinajstić information content (AvgIpc) is 2.70. The highest BCUT2D eigenvalue weighted by atomic mass is 16.5. The van der Waals surface area contributed by atoms with Crippen LogP contribution in [0.25, 0.3) is 0 Å². The van der Waals surface area contributed by atoms with E-state index in [1.165, 1.54) is 0 Å². The summed E-state index contributed by atoms with van der Waals surface area (Å²) in [6.07, 6.45) is 0.949. The molecule has 6 nitrogen and oxygen atoms in total. The first-order valence-corrected chi connectivity index (χ1v) is 5.12. The molecule has 1 N–H and O–H groups in total. The molecule has 0 bridgehead atoms. The summed E-state index contributed by atoms with van der Waals surface area (Å²) in [6, 6.07) is 0. The van der Waals surface area contributed by atoms with Crippen LogP contribution in [0.3, 0.4) is 0 Å². The van der Waals surface area contributed by atoms with Gasteiger partial charge in [0.05, 0.1) is 6.54 Å². The van der Waals surface area contributed by atoms with Crippen LogP contribution in [0.4, 0.5) is 0 Å². The predicted octanol–water partition coefficient (Wildman–Crippen LogP) is 0.668. The van der Waals surface area contributed by atoms with E-state index in [0.29, 0.717) is 30.7 Å². The SMILES string of the molecule is CCC(=O)N1CCc2onc(C(=O)O)c2C1. The number of rotatable bonds is 2. The molecule has 0 saturated heterocycles. The van der Waals surface area contributed by atoms with Gasteiger partial charge in [-0.2, -0.15) is 0 Å². The normalized spacial score (nSPS) is 14.7. The summed E-state index contributed by atoms with van der Waals surface area (Å²) in [6.45, 7) is 2.63. The minimum atomic E-state index is -1.12. The van der Waals surface area contributed by atoms with Crippen molar-refractivity contribution in [1.82, 2.24) is 10.1 Å². The van der Waals surface area contributed by atoms with Crippen molar-refractivity contribution in [2.24, 2.45) is 0 Å². The molecule has 0 unspecified atom stereocenters. The number of fused-ring (bicyclic) bond motifs is 1. The summed E-state index contributed by atoms with van der Waals surface area (Å²) in [5, 5.41) is 12.4. The fraction of sp³-hybridized carbons (Fsp3) is 0.500. The Kier molecular flexibility index (Phi) is 2.64. The van der Waals surface area contributed by atoms with Gasteiger partial charge in [-0.25, -0.2) is 4.79 Å². The Bertz CT molecular complexity index is 438. The number of hydrogen-bond donors (Lipinski definition) is 1. The number of aromatic carboxylic acids is 1. The lowest BCUT2D eigenvalue weighted by Gasteiger charge is -2.25. The zero-order chi connectivity index (χ0) is 11.7. The Morgan fingerprint density at radius 2 is 2.31 bits per heavy atom. The zero-order valence-electron chi connectivity index (χ0n) is 8.89. The van der Waals surface area contributed by atoms with E-state index in [2.05, 4.69) is 5.16 Å². The standard InChI is InChI=1S/C10H12N2O4/c1-2-8(13)12-4-3-7-6(5-12)9(10(14)15)11-16-7/h2-5H2,1H3,(H,14,15). The number of carboxylic acid groups (broad SMARTS) is 1. The number of hydrogen-bond acceptors (Lipinski definition) is 4. The lowest BCUT2D eigenvalue weighted by molar-refractivity contribution is -0.131. The fourth-order valence-corrected chi connectivity index (χ4v) is 1.81. The largest absolute Gasteiger partial charge is 0.476 e. The monoisotopic (exact) mass is 224 g/mol. The van der Waals surface area contributed by atoms with E-state index in [9.17, 15) is 9.59 Å². The fourth-order valence-electron chi connectivity index (χ4n) is 1.81. The molecular formula is C10H12N2O4. The number of nitrogens with zero attached hydrogens (tertiary/aromatic N) is 2. The Hall–Kier alpha value is -1.85. The number of carboxylic acids is 1. The molecule has 2 rings (SSSR count). The first-order chi connectivity index (χ1) is 7.63. The van der Waals surface area contributed by atoms with E-state index in [1.807, 2.05) is 0 Å². The van der Waals surface area contributed by atoms with Crippen molar-refractivity contribution >= 4 is 11.9 Å². The number of amides is 1. The zero-order valence-corrected chi connectivity index (χ0v) is 8.89. The summed E-state index contributed by atoms with van der Waals surface area (Å²) in [7, 11) is 0. The van der Waals surface area contributed by atoms with Gasteiger partial charge in [-0.05, 0) is 0 Å². The maximum atomic E-state index is 11.5. The molecule has 6 heteroatoms. The second-order valence-corrected chi connectivity index (χ2v) is 3.66. The molecule has 1 amide bonds. The molecule has 86 valence electrons. The molecule has 0 saturated carbocycles. The van der Waals surface area contributed by atoms with Crippen LogP contribution in [-0.4, -0.2) is 33.6 Å². The third-order valence-electron chi connectivity index (χ3n) is 2.69. The van der Waals surface area contributed by atoms with Crippen LogP contribution in [0.15, 0.2) is 4.52 Å². The van der Waals surface area contributed by atoms with Crippen LogP contribution in [0.2, 0.25) is 0 Å². The first kappa shape index (κ1) is 10.7. The molecule has 1 aromatic rings. The van der Waals surface area contributed by atoms with Crippen molar-refractivity contribution in [3.05, 3.63) is 17.0 Å². The number of aromatic nitrogens is 1. The van der Waals surface area contributed by atoms with Crippen molar-refractivity contribution in [2.45, 2.75) is 26.3 Å². The van der Waals surface area contributed by atoms with Crippen LogP contribution < -0.4 is 0 Å². The molecule has 0 radical (unpaired) electrons. The second-order valence-electron chi connectivity index (χ2n) is 3.66. The van der Waals surface area contributed by atoms with E-state index < -0.39 is 5.97 Å². The highest BCUT2D eigenvalue weighted by Crippen LogP contribution is 2.22. The van der Waals surface area contributed by atoms with Gasteiger partial charge in [-0.3, -0.25) is 4.79 Å². The molecule has 0 aromatic carbocycles. The summed E-state index contributed by atoms with van der Waals surface area (Å²) >= 11 is 0. The molecule has 0 spiro atoms. The molecule has 16 heavy (non-hydrogen) atoms. The maximum Gasteiger partial charge on any atom is 0.358 e. The molecule has 2 heterocycles. The van der Waals surface area contributed by atoms with Crippen molar-refractivity contribution in [3.8, 4) is 0 Å².